The molecule has 0 bridgehead atoms. The van der Waals surface area contributed by atoms with Crippen LogP contribution in [0.1, 0.15) is 24.2 Å². The van der Waals surface area contributed by atoms with E-state index in [9.17, 15) is 13.2 Å². The van der Waals surface area contributed by atoms with Gasteiger partial charge in [-0.05, 0) is 25.1 Å². The molecule has 14 heteroatoms. The number of morpholine rings is 1. The smallest absolute Gasteiger partial charge is 0.367 e. The van der Waals surface area contributed by atoms with Crippen LogP contribution in [-0.2, 0) is 22.4 Å². The van der Waals surface area contributed by atoms with Crippen molar-refractivity contribution in [2.45, 2.75) is 32.0 Å². The number of halogens is 4. The van der Waals surface area contributed by atoms with Gasteiger partial charge in [-0.15, -0.1) is 0 Å². The van der Waals surface area contributed by atoms with Gasteiger partial charge in [0.2, 0.25) is 5.95 Å². The molecule has 0 unspecified atom stereocenters. The van der Waals surface area contributed by atoms with E-state index in [4.69, 9.17) is 9.47 Å². The number of fused-ring (bicyclic) bond motifs is 1. The quantitative estimate of drug-likeness (QED) is 0.318. The molecular weight excluding hydrogens is 526 g/mol. The lowest BCUT2D eigenvalue weighted by Gasteiger charge is -2.36. The lowest BCUT2D eigenvalue weighted by atomic mass is 10.1. The molecule has 3 aromatic heterocycles. The molecule has 1 saturated heterocycles. The summed E-state index contributed by atoms with van der Waals surface area (Å²) in [5, 5.41) is 4.89. The Kier molecular flexibility index (Phi) is 6.96. The maximum atomic E-state index is 15.1. The minimum atomic E-state index is -4.66. The Morgan fingerprint density at radius 3 is 2.66 bits per heavy atom. The van der Waals surface area contributed by atoms with Crippen molar-refractivity contribution < 1.29 is 27.0 Å². The van der Waals surface area contributed by atoms with Crippen LogP contribution in [0, 0.1) is 5.82 Å². The van der Waals surface area contributed by atoms with Crippen LogP contribution in [0.5, 0.6) is 0 Å². The zero-order valence-corrected chi connectivity index (χ0v) is 21.8. The molecule has 0 spiro atoms. The van der Waals surface area contributed by atoms with Gasteiger partial charge in [0.1, 0.15) is 23.4 Å². The molecule has 0 N–H and O–H groups in total. The molecule has 202 valence electrons. The average Bonchev–Trinajstić information content (AvgIpc) is 3.50. The van der Waals surface area contributed by atoms with Crippen LogP contribution in [0.4, 0.5) is 28.6 Å². The highest BCUT2D eigenvalue weighted by Crippen LogP contribution is 2.39. The highest BCUT2D eigenvalue weighted by atomic mass is 32.1. The highest BCUT2D eigenvalue weighted by molar-refractivity contribution is 7.22. The van der Waals surface area contributed by atoms with E-state index >= 15 is 4.39 Å². The molecule has 38 heavy (non-hydrogen) atoms. The predicted molar refractivity (Wildman–Crippen MR) is 135 cm³/mol. The molecule has 0 radical (unpaired) electrons. The van der Waals surface area contributed by atoms with Crippen LogP contribution in [0.15, 0.2) is 30.6 Å². The fourth-order valence-electron chi connectivity index (χ4n) is 4.25. The second kappa shape index (κ2) is 10.1. The fraction of sp³-hybridized carbons (Fsp3) is 0.417. The van der Waals surface area contributed by atoms with Crippen LogP contribution in [0.25, 0.3) is 21.6 Å². The Morgan fingerprint density at radius 1 is 1.18 bits per heavy atom. The van der Waals surface area contributed by atoms with Gasteiger partial charge in [0.05, 0.1) is 30.1 Å². The highest BCUT2D eigenvalue weighted by Gasteiger charge is 2.33. The predicted octanol–water partition coefficient (Wildman–Crippen LogP) is 4.74. The summed E-state index contributed by atoms with van der Waals surface area (Å²) in [4.78, 5) is 17.6. The standard InChI is InChI=1S/C24H25F4N7O2S/c1-13-9-34(11-18(37-13)14-8-29-35(10-14)12-36-4)22-30-19(20-21(31-22)32-23(38-20)33(2)3)16-6-5-15(7-17(16)25)24(26,27)28/h5-8,10,13,18H,9,11-12H2,1-4H3/t13-,18-/m0/s1. The van der Waals surface area contributed by atoms with E-state index in [0.29, 0.717) is 41.4 Å². The Morgan fingerprint density at radius 2 is 1.97 bits per heavy atom. The monoisotopic (exact) mass is 551 g/mol. The number of benzene rings is 1. The molecule has 0 saturated carbocycles. The van der Waals surface area contributed by atoms with Crippen molar-refractivity contribution in [2.24, 2.45) is 0 Å². The van der Waals surface area contributed by atoms with Crippen LogP contribution in [0.2, 0.25) is 0 Å². The maximum Gasteiger partial charge on any atom is 0.416 e. The first-order valence-electron chi connectivity index (χ1n) is 11.7. The van der Waals surface area contributed by atoms with Crippen LogP contribution < -0.4 is 9.80 Å². The van der Waals surface area contributed by atoms with Crippen molar-refractivity contribution in [1.82, 2.24) is 24.7 Å². The van der Waals surface area contributed by atoms with Gasteiger partial charge in [-0.1, -0.05) is 11.3 Å². The van der Waals surface area contributed by atoms with E-state index < -0.39 is 17.6 Å². The van der Waals surface area contributed by atoms with Gasteiger partial charge in [0.25, 0.3) is 0 Å². The van der Waals surface area contributed by atoms with Gasteiger partial charge < -0.3 is 19.3 Å². The number of hydrogen-bond acceptors (Lipinski definition) is 9. The molecule has 0 amide bonds. The molecule has 1 fully saturated rings. The minimum absolute atomic E-state index is 0.0562. The number of anilines is 2. The van der Waals surface area contributed by atoms with Crippen molar-refractivity contribution in [3.05, 3.63) is 47.5 Å². The number of thiazole rings is 1. The van der Waals surface area contributed by atoms with Crippen LogP contribution in [-0.4, -0.2) is 65.1 Å². The third-order valence-corrected chi connectivity index (χ3v) is 7.21. The zero-order chi connectivity index (χ0) is 27.2. The summed E-state index contributed by atoms with van der Waals surface area (Å²) in [6.07, 6.45) is -1.66. The Balaban J connectivity index is 1.57. The molecule has 1 aliphatic rings. The summed E-state index contributed by atoms with van der Waals surface area (Å²) in [6.45, 7) is 3.05. The summed E-state index contributed by atoms with van der Waals surface area (Å²) in [5.74, 6) is -0.740. The number of methoxy groups -OCH3 is 1. The van der Waals surface area contributed by atoms with Crippen LogP contribution >= 0.6 is 11.3 Å². The second-order valence-electron chi connectivity index (χ2n) is 9.18. The van der Waals surface area contributed by atoms with E-state index in [1.165, 1.54) is 11.3 Å². The molecule has 1 aromatic carbocycles. The van der Waals surface area contributed by atoms with E-state index in [1.54, 1.807) is 22.9 Å². The Labute approximate surface area is 219 Å². The molecule has 4 aromatic rings. The number of aromatic nitrogens is 5. The number of rotatable bonds is 6. The first kappa shape index (κ1) is 26.3. The molecular formula is C24H25F4N7O2S. The van der Waals surface area contributed by atoms with E-state index in [-0.39, 0.29) is 29.4 Å². The summed E-state index contributed by atoms with van der Waals surface area (Å²) in [7, 11) is 5.19. The Hall–Kier alpha value is -3.36. The van der Waals surface area contributed by atoms with Crippen molar-refractivity contribution >= 4 is 32.8 Å². The third kappa shape index (κ3) is 5.15. The first-order valence-corrected chi connectivity index (χ1v) is 12.5. The van der Waals surface area contributed by atoms with Gasteiger partial charge in [-0.25, -0.2) is 14.1 Å². The van der Waals surface area contributed by atoms with Gasteiger partial charge >= 0.3 is 6.18 Å². The topological polar surface area (TPSA) is 81.4 Å². The summed E-state index contributed by atoms with van der Waals surface area (Å²) in [6, 6.07) is 2.44. The minimum Gasteiger partial charge on any atom is -0.367 e. The van der Waals surface area contributed by atoms with Crippen molar-refractivity contribution in [1.29, 1.82) is 0 Å². The lowest BCUT2D eigenvalue weighted by molar-refractivity contribution is -0.137. The number of hydrogen-bond donors (Lipinski definition) is 0. The fourth-order valence-corrected chi connectivity index (χ4v) is 5.18. The summed E-state index contributed by atoms with van der Waals surface area (Å²) < 4.78 is 68.0. The van der Waals surface area contributed by atoms with Gasteiger partial charge in [-0.2, -0.15) is 28.2 Å². The summed E-state index contributed by atoms with van der Waals surface area (Å²) >= 11 is 1.24. The SMILES string of the molecule is COCn1cc([C@@H]2CN(c3nc(-c4ccc(C(F)(F)F)cc4F)c4sc(N(C)C)nc4n3)C[C@H](C)O2)cn1. The van der Waals surface area contributed by atoms with Gasteiger partial charge in [0.15, 0.2) is 10.8 Å². The second-order valence-corrected chi connectivity index (χ2v) is 10.2. The van der Waals surface area contributed by atoms with Crippen molar-refractivity contribution in [3.63, 3.8) is 0 Å². The van der Waals surface area contributed by atoms with Crippen molar-refractivity contribution in [3.8, 4) is 11.3 Å². The van der Waals surface area contributed by atoms with Crippen LogP contribution in [0.3, 0.4) is 0 Å². The number of nitrogens with zero attached hydrogens (tertiary/aromatic N) is 7. The van der Waals surface area contributed by atoms with Gasteiger partial charge in [-0.3, -0.25) is 0 Å². The molecule has 4 heterocycles. The van der Waals surface area contributed by atoms with E-state index in [2.05, 4.69) is 20.1 Å². The summed E-state index contributed by atoms with van der Waals surface area (Å²) in [5.41, 5.74) is 0.241. The zero-order valence-electron chi connectivity index (χ0n) is 21.0. The lowest BCUT2D eigenvalue weighted by Crippen LogP contribution is -2.43. The largest absolute Gasteiger partial charge is 0.416 e. The molecule has 0 aliphatic carbocycles. The number of alkyl halides is 3. The molecule has 9 nitrogen and oxygen atoms in total. The van der Waals surface area contributed by atoms with E-state index in [1.807, 2.05) is 32.1 Å². The normalized spacial score (nSPS) is 18.4. The average molecular weight is 552 g/mol. The maximum absolute atomic E-state index is 15.1. The molecule has 1 aliphatic heterocycles. The van der Waals surface area contributed by atoms with Crippen molar-refractivity contribution in [2.75, 3.05) is 44.1 Å². The first-order chi connectivity index (χ1) is 18.0. The molecule has 5 rings (SSSR count). The van der Waals surface area contributed by atoms with Gasteiger partial charge in [0, 0.05) is 45.1 Å². The Bertz CT molecular complexity index is 1460. The third-order valence-electron chi connectivity index (χ3n) is 5.99. The number of ether oxygens (including phenoxy) is 2. The molecule has 2 atom stereocenters. The van der Waals surface area contributed by atoms with E-state index in [0.717, 1.165) is 17.7 Å².